The maximum Gasteiger partial charge on any atom is 0.317 e. The van der Waals surface area contributed by atoms with Gasteiger partial charge in [0.05, 0.1) is 0 Å². The van der Waals surface area contributed by atoms with Gasteiger partial charge in [0.2, 0.25) is 0 Å². The lowest BCUT2D eigenvalue weighted by Crippen LogP contribution is -2.52. The van der Waals surface area contributed by atoms with Crippen LogP contribution in [-0.4, -0.2) is 43.2 Å². The van der Waals surface area contributed by atoms with Crippen LogP contribution in [0.25, 0.3) is 0 Å². The molecule has 1 atom stereocenters. The van der Waals surface area contributed by atoms with Gasteiger partial charge in [0, 0.05) is 25.7 Å². The first-order valence-electron chi connectivity index (χ1n) is 7.01. The molecule has 4 heteroatoms. The largest absolute Gasteiger partial charge is 0.335 e. The molecular weight excluding hydrogens is 214 g/mol. The molecule has 98 valence electrons. The number of nitrogens with zero attached hydrogens (tertiary/aromatic N) is 1. The van der Waals surface area contributed by atoms with Crippen LogP contribution in [0.3, 0.4) is 0 Å². The fourth-order valence-electron chi connectivity index (χ4n) is 2.85. The quantitative estimate of drug-likeness (QED) is 0.770. The number of carbonyl (C=O) groups excluding carboxylic acids is 1. The molecule has 1 aliphatic heterocycles. The van der Waals surface area contributed by atoms with Crippen LogP contribution < -0.4 is 10.6 Å². The number of likely N-dealkylation sites (N-methyl/N-ethyl adjacent to an activating group) is 1. The maximum absolute atomic E-state index is 12.1. The van der Waals surface area contributed by atoms with Crippen LogP contribution in [0.5, 0.6) is 0 Å². The van der Waals surface area contributed by atoms with Crippen LogP contribution in [0.4, 0.5) is 4.79 Å². The van der Waals surface area contributed by atoms with Crippen LogP contribution in [-0.2, 0) is 0 Å². The van der Waals surface area contributed by atoms with E-state index in [-0.39, 0.29) is 6.03 Å². The zero-order valence-corrected chi connectivity index (χ0v) is 10.9. The van der Waals surface area contributed by atoms with E-state index in [1.54, 1.807) is 0 Å². The Morgan fingerprint density at radius 3 is 2.59 bits per heavy atom. The molecule has 1 unspecified atom stereocenters. The second-order valence-corrected chi connectivity index (χ2v) is 5.40. The first kappa shape index (κ1) is 12.7. The summed E-state index contributed by atoms with van der Waals surface area (Å²) in [6.07, 6.45) is 8.46. The van der Waals surface area contributed by atoms with Crippen molar-refractivity contribution in [3.63, 3.8) is 0 Å². The Morgan fingerprint density at radius 1 is 1.18 bits per heavy atom. The van der Waals surface area contributed by atoms with Crippen molar-refractivity contribution in [1.82, 2.24) is 15.5 Å². The van der Waals surface area contributed by atoms with Gasteiger partial charge in [0.1, 0.15) is 0 Å². The molecule has 2 rings (SSSR count). The van der Waals surface area contributed by atoms with E-state index < -0.39 is 0 Å². The molecule has 0 bridgehead atoms. The van der Waals surface area contributed by atoms with Crippen molar-refractivity contribution in [3.05, 3.63) is 0 Å². The highest BCUT2D eigenvalue weighted by Gasteiger charge is 2.24. The SMILES string of the molecule is CN(C(=O)NC1CCCCC1)C1CCCNC1. The van der Waals surface area contributed by atoms with Crippen LogP contribution >= 0.6 is 0 Å². The van der Waals surface area contributed by atoms with Crippen molar-refractivity contribution in [2.75, 3.05) is 20.1 Å². The lowest BCUT2D eigenvalue weighted by atomic mass is 9.96. The summed E-state index contributed by atoms with van der Waals surface area (Å²) in [7, 11) is 1.93. The van der Waals surface area contributed by atoms with E-state index in [2.05, 4.69) is 10.6 Å². The van der Waals surface area contributed by atoms with Gasteiger partial charge in [0.15, 0.2) is 0 Å². The van der Waals surface area contributed by atoms with Crippen molar-refractivity contribution >= 4 is 6.03 Å². The highest BCUT2D eigenvalue weighted by atomic mass is 16.2. The molecule has 17 heavy (non-hydrogen) atoms. The van der Waals surface area contributed by atoms with Crippen molar-refractivity contribution in [2.24, 2.45) is 0 Å². The lowest BCUT2D eigenvalue weighted by molar-refractivity contribution is 0.171. The number of hydrogen-bond acceptors (Lipinski definition) is 2. The maximum atomic E-state index is 12.1. The molecule has 2 N–H and O–H groups in total. The first-order valence-corrected chi connectivity index (χ1v) is 7.01. The molecule has 2 fully saturated rings. The van der Waals surface area contributed by atoms with E-state index in [0.717, 1.165) is 32.4 Å². The molecule has 1 heterocycles. The molecule has 1 saturated carbocycles. The Balaban J connectivity index is 1.77. The van der Waals surface area contributed by atoms with Crippen LogP contribution in [0.2, 0.25) is 0 Å². The van der Waals surface area contributed by atoms with Crippen LogP contribution in [0, 0.1) is 0 Å². The molecule has 0 aromatic carbocycles. The second-order valence-electron chi connectivity index (χ2n) is 5.40. The normalized spacial score (nSPS) is 26.5. The van der Waals surface area contributed by atoms with E-state index >= 15 is 0 Å². The molecule has 1 aliphatic carbocycles. The van der Waals surface area contributed by atoms with Gasteiger partial charge in [0.25, 0.3) is 0 Å². The number of nitrogens with one attached hydrogen (secondary N) is 2. The van der Waals surface area contributed by atoms with Crippen LogP contribution in [0.15, 0.2) is 0 Å². The summed E-state index contributed by atoms with van der Waals surface area (Å²) in [4.78, 5) is 14.0. The molecule has 2 aliphatic rings. The summed E-state index contributed by atoms with van der Waals surface area (Å²) in [5.74, 6) is 0. The monoisotopic (exact) mass is 239 g/mol. The van der Waals surface area contributed by atoms with Gasteiger partial charge in [-0.25, -0.2) is 4.79 Å². The van der Waals surface area contributed by atoms with Gasteiger partial charge >= 0.3 is 6.03 Å². The predicted octanol–water partition coefficient (Wildman–Crippen LogP) is 1.71. The third-order valence-corrected chi connectivity index (χ3v) is 4.07. The minimum atomic E-state index is 0.116. The van der Waals surface area contributed by atoms with E-state index in [1.165, 1.54) is 25.7 Å². The summed E-state index contributed by atoms with van der Waals surface area (Å²) >= 11 is 0. The number of carbonyl (C=O) groups is 1. The average molecular weight is 239 g/mol. The van der Waals surface area contributed by atoms with Crippen molar-refractivity contribution in [3.8, 4) is 0 Å². The highest BCUT2D eigenvalue weighted by Crippen LogP contribution is 2.18. The smallest absolute Gasteiger partial charge is 0.317 e. The molecule has 0 aromatic heterocycles. The van der Waals surface area contributed by atoms with Gasteiger partial charge in [-0.3, -0.25) is 0 Å². The van der Waals surface area contributed by atoms with E-state index in [0.29, 0.717) is 12.1 Å². The molecule has 0 aromatic rings. The van der Waals surface area contributed by atoms with E-state index in [4.69, 9.17) is 0 Å². The summed E-state index contributed by atoms with van der Waals surface area (Å²) in [5, 5.41) is 6.53. The zero-order chi connectivity index (χ0) is 12.1. The average Bonchev–Trinajstić information content (AvgIpc) is 2.40. The van der Waals surface area contributed by atoms with Crippen molar-refractivity contribution < 1.29 is 4.79 Å². The Hall–Kier alpha value is -0.770. The Bertz CT molecular complexity index is 245. The predicted molar refractivity (Wildman–Crippen MR) is 69.1 cm³/mol. The number of piperidine rings is 1. The lowest BCUT2D eigenvalue weighted by Gasteiger charge is -2.33. The standard InChI is InChI=1S/C13H25N3O/c1-16(12-8-5-9-14-10-12)13(17)15-11-6-3-2-4-7-11/h11-12,14H,2-10H2,1H3,(H,15,17). The Morgan fingerprint density at radius 2 is 1.94 bits per heavy atom. The van der Waals surface area contributed by atoms with Crippen molar-refractivity contribution in [1.29, 1.82) is 0 Å². The third kappa shape index (κ3) is 3.60. The minimum Gasteiger partial charge on any atom is -0.335 e. The van der Waals surface area contributed by atoms with Gasteiger partial charge in [-0.15, -0.1) is 0 Å². The first-order chi connectivity index (χ1) is 8.27. The molecule has 4 nitrogen and oxygen atoms in total. The Labute approximate surface area is 104 Å². The molecular formula is C13H25N3O. The molecule has 0 radical (unpaired) electrons. The summed E-state index contributed by atoms with van der Waals surface area (Å²) in [6.45, 7) is 2.03. The summed E-state index contributed by atoms with van der Waals surface area (Å²) in [5.41, 5.74) is 0. The van der Waals surface area contributed by atoms with Crippen LogP contribution in [0.1, 0.15) is 44.9 Å². The highest BCUT2D eigenvalue weighted by molar-refractivity contribution is 5.74. The Kier molecular flexibility index (Phi) is 4.66. The van der Waals surface area contributed by atoms with Gasteiger partial charge in [-0.05, 0) is 32.2 Å². The third-order valence-electron chi connectivity index (χ3n) is 4.07. The minimum absolute atomic E-state index is 0.116. The number of rotatable bonds is 2. The summed E-state index contributed by atoms with van der Waals surface area (Å²) < 4.78 is 0. The molecule has 0 spiro atoms. The number of hydrogen-bond donors (Lipinski definition) is 2. The fraction of sp³-hybridized carbons (Fsp3) is 0.923. The van der Waals surface area contributed by atoms with E-state index in [1.807, 2.05) is 11.9 Å². The fourth-order valence-corrected chi connectivity index (χ4v) is 2.85. The van der Waals surface area contributed by atoms with Gasteiger partial charge < -0.3 is 15.5 Å². The molecule has 1 saturated heterocycles. The van der Waals surface area contributed by atoms with E-state index in [9.17, 15) is 4.79 Å². The van der Waals surface area contributed by atoms with Gasteiger partial charge in [-0.2, -0.15) is 0 Å². The second kappa shape index (κ2) is 6.24. The summed E-state index contributed by atoms with van der Waals surface area (Å²) in [6, 6.07) is 0.896. The zero-order valence-electron chi connectivity index (χ0n) is 10.9. The molecule has 2 amide bonds. The topological polar surface area (TPSA) is 44.4 Å². The number of amides is 2. The van der Waals surface area contributed by atoms with Gasteiger partial charge in [-0.1, -0.05) is 19.3 Å². The number of urea groups is 1. The van der Waals surface area contributed by atoms with Crippen molar-refractivity contribution in [2.45, 2.75) is 57.0 Å².